The smallest absolute Gasteiger partial charge is 0.372 e. The molecule has 0 spiro atoms. The van der Waals surface area contributed by atoms with Gasteiger partial charge in [-0.3, -0.25) is 0 Å². The number of methoxy groups -OCH3 is 1. The van der Waals surface area contributed by atoms with Gasteiger partial charge in [0.1, 0.15) is 0 Å². The number of rotatable bonds is 4. The van der Waals surface area contributed by atoms with Crippen LogP contribution in [0, 0.1) is 11.3 Å². The summed E-state index contributed by atoms with van der Waals surface area (Å²) >= 11 is 0. The Balaban J connectivity index is 0.00000225. The molecule has 16 heavy (non-hydrogen) atoms. The van der Waals surface area contributed by atoms with Crippen molar-refractivity contribution < 1.29 is 31.1 Å². The molecule has 5 heteroatoms. The Bertz CT molecular complexity index is 388. The summed E-state index contributed by atoms with van der Waals surface area (Å²) in [6, 6.07) is 7.72. The Hall–Kier alpha value is -1.41. The normalized spacial score (nSPS) is 8.75. The molecule has 1 rings (SSSR count). The maximum atomic E-state index is 11.1. The highest BCUT2D eigenvalue weighted by Gasteiger charge is 2.13. The highest BCUT2D eigenvalue weighted by Crippen LogP contribution is 1.96. The zero-order chi connectivity index (χ0) is 11.1. The van der Waals surface area contributed by atoms with Crippen LogP contribution in [0.15, 0.2) is 24.4 Å². The lowest BCUT2D eigenvalue weighted by molar-refractivity contribution is -0.693. The maximum Gasteiger partial charge on any atom is 0.372 e. The first kappa shape index (κ1) is 14.6. The average Bonchev–Trinajstić information content (AvgIpc) is 2.28. The molecule has 0 atom stereocenters. The first-order chi connectivity index (χ1) is 7.27. The second-order valence-electron chi connectivity index (χ2n) is 3.05. The lowest BCUT2D eigenvalue weighted by atomic mass is 10.2. The minimum atomic E-state index is -0.288. The number of hydrogen-bond donors (Lipinski definition) is 0. The average molecular weight is 285 g/mol. The number of ether oxygens (including phenoxy) is 1. The van der Waals surface area contributed by atoms with E-state index in [0.717, 1.165) is 5.69 Å². The van der Waals surface area contributed by atoms with Gasteiger partial charge in [0, 0.05) is 25.0 Å². The van der Waals surface area contributed by atoms with Crippen molar-refractivity contribution in [2.75, 3.05) is 7.11 Å². The van der Waals surface area contributed by atoms with Gasteiger partial charge in [-0.1, -0.05) is 6.07 Å². The predicted octanol–water partition coefficient (Wildman–Crippen LogP) is -2.39. The number of aryl methyl sites for hydroxylation is 1. The highest BCUT2D eigenvalue weighted by molar-refractivity contribution is 5.67. The van der Waals surface area contributed by atoms with E-state index in [4.69, 9.17) is 5.26 Å². The van der Waals surface area contributed by atoms with Gasteiger partial charge in [-0.2, -0.15) is 9.83 Å². The largest absolute Gasteiger partial charge is 1.00 e. The van der Waals surface area contributed by atoms with Crippen LogP contribution in [-0.4, -0.2) is 13.1 Å². The topological polar surface area (TPSA) is 54.0 Å². The van der Waals surface area contributed by atoms with Crippen molar-refractivity contribution >= 4 is 5.97 Å². The predicted molar refractivity (Wildman–Crippen MR) is 52.6 cm³/mol. The Morgan fingerprint density at radius 3 is 2.94 bits per heavy atom. The van der Waals surface area contributed by atoms with E-state index in [-0.39, 0.29) is 29.5 Å². The van der Waals surface area contributed by atoms with Gasteiger partial charge in [-0.05, 0) is 0 Å². The molecule has 86 valence electrons. The lowest BCUT2D eigenvalue weighted by Crippen LogP contribution is -3.00. The van der Waals surface area contributed by atoms with Crippen LogP contribution in [0.5, 0.6) is 0 Å². The monoisotopic (exact) mass is 284 g/mol. The van der Waals surface area contributed by atoms with Crippen molar-refractivity contribution in [1.29, 1.82) is 5.26 Å². The molecule has 0 aliphatic heterocycles. The van der Waals surface area contributed by atoms with Crippen molar-refractivity contribution in [2.45, 2.75) is 19.4 Å². The van der Waals surface area contributed by atoms with Gasteiger partial charge in [0.15, 0.2) is 11.9 Å². The third-order valence-electron chi connectivity index (χ3n) is 2.05. The lowest BCUT2D eigenvalue weighted by Gasteiger charge is -2.00. The number of pyridine rings is 1. The number of esters is 1. The summed E-state index contributed by atoms with van der Waals surface area (Å²) in [4.78, 5) is 11.1. The van der Waals surface area contributed by atoms with E-state index in [1.54, 1.807) is 4.57 Å². The van der Waals surface area contributed by atoms with E-state index >= 15 is 0 Å². The van der Waals surface area contributed by atoms with Gasteiger partial charge in [-0.15, -0.1) is 0 Å². The molecule has 0 radical (unpaired) electrons. The third-order valence-corrected chi connectivity index (χ3v) is 2.05. The summed E-state index contributed by atoms with van der Waals surface area (Å²) in [5.41, 5.74) is 0.962. The molecule has 4 nitrogen and oxygen atoms in total. The summed E-state index contributed by atoms with van der Waals surface area (Å²) in [6.07, 6.45) is 2.91. The fraction of sp³-hybridized carbons (Fsp3) is 0.364. The molecule has 1 aromatic heterocycles. The SMILES string of the molecule is COC(=O)C[n+]1ccccc1CCC#N.[Br-]. The van der Waals surface area contributed by atoms with Crippen LogP contribution in [0.25, 0.3) is 0 Å². The molecule has 1 aromatic rings. The second kappa shape index (κ2) is 7.83. The Morgan fingerprint density at radius 1 is 1.56 bits per heavy atom. The first-order valence-electron chi connectivity index (χ1n) is 4.69. The van der Waals surface area contributed by atoms with Crippen molar-refractivity contribution in [3.63, 3.8) is 0 Å². The minimum Gasteiger partial charge on any atom is -1.00 e. The molecule has 0 aliphatic rings. The summed E-state index contributed by atoms with van der Waals surface area (Å²) in [6.45, 7) is 0.193. The fourth-order valence-electron chi connectivity index (χ4n) is 1.28. The van der Waals surface area contributed by atoms with Gasteiger partial charge in [-0.25, -0.2) is 4.79 Å². The van der Waals surface area contributed by atoms with Crippen molar-refractivity contribution in [1.82, 2.24) is 0 Å². The zero-order valence-corrected chi connectivity index (χ0v) is 10.6. The summed E-state index contributed by atoms with van der Waals surface area (Å²) < 4.78 is 6.38. The molecule has 0 unspecified atom stereocenters. The second-order valence-corrected chi connectivity index (χ2v) is 3.05. The first-order valence-corrected chi connectivity index (χ1v) is 4.69. The molecule has 0 fully saturated rings. The number of carbonyl (C=O) groups is 1. The molecular formula is C11H13BrN2O2. The number of carbonyl (C=O) groups excluding carboxylic acids is 1. The molecular weight excluding hydrogens is 272 g/mol. The van der Waals surface area contributed by atoms with Gasteiger partial charge >= 0.3 is 5.97 Å². The quantitative estimate of drug-likeness (QED) is 0.458. The summed E-state index contributed by atoms with van der Waals surface area (Å²) in [5.74, 6) is -0.288. The standard InChI is InChI=1S/C11H13N2O2.BrH/c1-15-11(14)9-13-8-3-2-5-10(13)6-4-7-12;/h2-3,5,8H,4,6,9H2,1H3;1H/q+1;/p-1. The number of nitrogens with zero attached hydrogens (tertiary/aromatic N) is 2. The minimum absolute atomic E-state index is 0. The van der Waals surface area contributed by atoms with E-state index in [1.165, 1.54) is 7.11 Å². The number of halogens is 1. The van der Waals surface area contributed by atoms with Crippen LogP contribution in [-0.2, 0) is 22.5 Å². The Morgan fingerprint density at radius 2 is 2.31 bits per heavy atom. The summed E-state index contributed by atoms with van der Waals surface area (Å²) in [7, 11) is 1.36. The fourth-order valence-corrected chi connectivity index (χ4v) is 1.28. The molecule has 0 N–H and O–H groups in total. The van der Waals surface area contributed by atoms with Gasteiger partial charge in [0.05, 0.1) is 13.2 Å². The number of nitriles is 1. The van der Waals surface area contributed by atoms with Crippen LogP contribution in [0.4, 0.5) is 0 Å². The third kappa shape index (κ3) is 4.41. The van der Waals surface area contributed by atoms with Crippen molar-refractivity contribution in [3.8, 4) is 6.07 Å². The Kier molecular flexibility index (Phi) is 7.14. The maximum absolute atomic E-state index is 11.1. The van der Waals surface area contributed by atoms with Crippen LogP contribution in [0.2, 0.25) is 0 Å². The number of hydrogen-bond acceptors (Lipinski definition) is 3. The molecule has 1 heterocycles. The van der Waals surface area contributed by atoms with E-state index < -0.39 is 0 Å². The molecule has 0 saturated carbocycles. The van der Waals surface area contributed by atoms with Crippen molar-refractivity contribution in [3.05, 3.63) is 30.1 Å². The molecule has 0 aromatic carbocycles. The molecule has 0 aliphatic carbocycles. The highest BCUT2D eigenvalue weighted by atomic mass is 79.9. The Labute approximate surface area is 105 Å². The van der Waals surface area contributed by atoms with E-state index in [1.807, 2.05) is 24.4 Å². The zero-order valence-electron chi connectivity index (χ0n) is 9.02. The van der Waals surface area contributed by atoms with Crippen LogP contribution < -0.4 is 21.5 Å². The molecule has 0 bridgehead atoms. The molecule has 0 saturated heterocycles. The van der Waals surface area contributed by atoms with Crippen molar-refractivity contribution in [2.24, 2.45) is 0 Å². The molecule has 0 amide bonds. The van der Waals surface area contributed by atoms with Crippen LogP contribution in [0.3, 0.4) is 0 Å². The van der Waals surface area contributed by atoms with Gasteiger partial charge in [0.25, 0.3) is 0 Å². The van der Waals surface area contributed by atoms with Crippen LogP contribution >= 0.6 is 0 Å². The van der Waals surface area contributed by atoms with Crippen LogP contribution in [0.1, 0.15) is 12.1 Å². The van der Waals surface area contributed by atoms with Gasteiger partial charge < -0.3 is 21.7 Å². The van der Waals surface area contributed by atoms with E-state index in [0.29, 0.717) is 12.8 Å². The van der Waals surface area contributed by atoms with Gasteiger partial charge in [0.2, 0.25) is 6.54 Å². The van der Waals surface area contributed by atoms with E-state index in [9.17, 15) is 4.79 Å². The van der Waals surface area contributed by atoms with E-state index in [2.05, 4.69) is 10.8 Å². The number of aromatic nitrogens is 1. The summed E-state index contributed by atoms with van der Waals surface area (Å²) in [5, 5.41) is 8.50.